The first-order chi connectivity index (χ1) is 10.2. The van der Waals surface area contributed by atoms with Gasteiger partial charge in [0.1, 0.15) is 0 Å². The first-order valence-electron chi connectivity index (χ1n) is 6.85. The van der Waals surface area contributed by atoms with Gasteiger partial charge in [-0.1, -0.05) is 60.2 Å². The van der Waals surface area contributed by atoms with Crippen LogP contribution in [0.5, 0.6) is 0 Å². The lowest BCUT2D eigenvalue weighted by atomic mass is 9.97. The Morgan fingerprint density at radius 1 is 0.857 bits per heavy atom. The standard InChI is InChI=1S/C18H15NO2/c1-12-7-9-14(10-8-12)15-16(18(21)17(15)20)19-11-13-5-3-2-4-6-13/h2-10,19H,11H2,1H3. The van der Waals surface area contributed by atoms with Crippen LogP contribution in [0.25, 0.3) is 11.1 Å². The smallest absolute Gasteiger partial charge is 0.250 e. The zero-order valence-electron chi connectivity index (χ0n) is 11.7. The molecule has 1 N–H and O–H groups in total. The number of aryl methyl sites for hydroxylation is 1. The highest BCUT2D eigenvalue weighted by Crippen LogP contribution is 2.24. The molecular formula is C18H15NO2. The molecular weight excluding hydrogens is 262 g/mol. The van der Waals surface area contributed by atoms with E-state index in [1.54, 1.807) is 0 Å². The maximum Gasteiger partial charge on any atom is 0.250 e. The minimum atomic E-state index is -0.429. The number of anilines is 1. The predicted octanol–water partition coefficient (Wildman–Crippen LogP) is 2.87. The Kier molecular flexibility index (Phi) is 3.40. The van der Waals surface area contributed by atoms with E-state index in [0.29, 0.717) is 17.8 Å². The van der Waals surface area contributed by atoms with Crippen molar-refractivity contribution in [3.63, 3.8) is 0 Å². The fourth-order valence-electron chi connectivity index (χ4n) is 2.34. The minimum absolute atomic E-state index is 0.408. The van der Waals surface area contributed by atoms with Gasteiger partial charge in [-0.3, -0.25) is 9.59 Å². The van der Waals surface area contributed by atoms with Gasteiger partial charge in [0.2, 0.25) is 10.9 Å². The Morgan fingerprint density at radius 2 is 1.52 bits per heavy atom. The van der Waals surface area contributed by atoms with Gasteiger partial charge in [0.25, 0.3) is 0 Å². The van der Waals surface area contributed by atoms with Crippen molar-refractivity contribution in [1.82, 2.24) is 0 Å². The monoisotopic (exact) mass is 277 g/mol. The molecule has 0 bridgehead atoms. The summed E-state index contributed by atoms with van der Waals surface area (Å²) in [6.45, 7) is 2.52. The average Bonchev–Trinajstić information content (AvgIpc) is 2.53. The summed E-state index contributed by atoms with van der Waals surface area (Å²) in [5, 5.41) is 3.09. The molecule has 0 saturated carbocycles. The minimum Gasteiger partial charge on any atom is -0.377 e. The average molecular weight is 277 g/mol. The normalized spacial score (nSPS) is 10.7. The molecule has 3 aromatic carbocycles. The highest BCUT2D eigenvalue weighted by atomic mass is 16.2. The van der Waals surface area contributed by atoms with E-state index in [1.807, 2.05) is 61.5 Å². The van der Waals surface area contributed by atoms with Crippen molar-refractivity contribution in [1.29, 1.82) is 0 Å². The van der Waals surface area contributed by atoms with Crippen LogP contribution in [0.1, 0.15) is 11.1 Å². The zero-order valence-corrected chi connectivity index (χ0v) is 11.7. The van der Waals surface area contributed by atoms with Gasteiger partial charge < -0.3 is 5.32 Å². The van der Waals surface area contributed by atoms with Crippen LogP contribution in [0, 0.1) is 6.92 Å². The highest BCUT2D eigenvalue weighted by Gasteiger charge is 2.21. The van der Waals surface area contributed by atoms with Gasteiger partial charge in [0, 0.05) is 6.54 Å². The van der Waals surface area contributed by atoms with Crippen LogP contribution in [0.15, 0.2) is 64.2 Å². The Balaban J connectivity index is 1.87. The molecule has 3 rings (SSSR count). The Bertz CT molecular complexity index is 826. The van der Waals surface area contributed by atoms with E-state index < -0.39 is 10.9 Å². The lowest BCUT2D eigenvalue weighted by Gasteiger charge is -2.13. The lowest BCUT2D eigenvalue weighted by molar-refractivity contribution is 1.13. The van der Waals surface area contributed by atoms with Crippen molar-refractivity contribution < 1.29 is 0 Å². The maximum atomic E-state index is 11.8. The summed E-state index contributed by atoms with van der Waals surface area (Å²) in [7, 11) is 0. The summed E-state index contributed by atoms with van der Waals surface area (Å²) in [6, 6.07) is 17.4. The number of benzene rings is 2. The molecule has 0 fully saturated rings. The summed E-state index contributed by atoms with van der Waals surface area (Å²) >= 11 is 0. The predicted molar refractivity (Wildman–Crippen MR) is 85.3 cm³/mol. The lowest BCUT2D eigenvalue weighted by Crippen LogP contribution is -2.36. The molecule has 0 atom stereocenters. The summed E-state index contributed by atoms with van der Waals surface area (Å²) in [5.41, 5.74) is 3.07. The van der Waals surface area contributed by atoms with Crippen molar-refractivity contribution in [2.75, 3.05) is 5.32 Å². The van der Waals surface area contributed by atoms with Gasteiger partial charge in [0.15, 0.2) is 0 Å². The van der Waals surface area contributed by atoms with Gasteiger partial charge in [-0.25, -0.2) is 0 Å². The molecule has 0 spiro atoms. The van der Waals surface area contributed by atoms with Crippen LogP contribution in [0.4, 0.5) is 5.69 Å². The third-order valence-electron chi connectivity index (χ3n) is 3.56. The van der Waals surface area contributed by atoms with Gasteiger partial charge in [-0.05, 0) is 18.1 Å². The van der Waals surface area contributed by atoms with E-state index in [4.69, 9.17) is 0 Å². The Hall–Kier alpha value is -2.68. The molecule has 0 amide bonds. The molecule has 3 heteroatoms. The van der Waals surface area contributed by atoms with E-state index in [9.17, 15) is 9.59 Å². The van der Waals surface area contributed by atoms with Gasteiger partial charge in [0.05, 0.1) is 11.3 Å². The Labute approximate surface area is 122 Å². The number of rotatable bonds is 4. The summed E-state index contributed by atoms with van der Waals surface area (Å²) in [4.78, 5) is 23.6. The first-order valence-corrected chi connectivity index (χ1v) is 6.85. The largest absolute Gasteiger partial charge is 0.377 e. The van der Waals surface area contributed by atoms with Crippen LogP contribution in [-0.4, -0.2) is 0 Å². The highest BCUT2D eigenvalue weighted by molar-refractivity contribution is 5.81. The summed E-state index contributed by atoms with van der Waals surface area (Å²) in [6.07, 6.45) is 0. The van der Waals surface area contributed by atoms with E-state index in [0.717, 1.165) is 16.7 Å². The second kappa shape index (κ2) is 5.37. The molecule has 3 aromatic rings. The van der Waals surface area contributed by atoms with Crippen LogP contribution in [0.2, 0.25) is 0 Å². The van der Waals surface area contributed by atoms with E-state index in [2.05, 4.69) is 5.32 Å². The third kappa shape index (κ3) is 2.50. The molecule has 3 nitrogen and oxygen atoms in total. The molecule has 0 saturated heterocycles. The van der Waals surface area contributed by atoms with Gasteiger partial charge in [-0.15, -0.1) is 0 Å². The van der Waals surface area contributed by atoms with Crippen LogP contribution >= 0.6 is 0 Å². The molecule has 0 heterocycles. The van der Waals surface area contributed by atoms with E-state index in [1.165, 1.54) is 0 Å². The fourth-order valence-corrected chi connectivity index (χ4v) is 2.34. The molecule has 0 aliphatic rings. The maximum absolute atomic E-state index is 11.8. The molecule has 0 aliphatic carbocycles. The van der Waals surface area contributed by atoms with Crippen molar-refractivity contribution in [2.24, 2.45) is 0 Å². The molecule has 104 valence electrons. The molecule has 0 aromatic heterocycles. The SMILES string of the molecule is Cc1ccc(-c2c(NCc3ccccc3)c(=O)c2=O)cc1. The number of hydrogen-bond acceptors (Lipinski definition) is 3. The van der Waals surface area contributed by atoms with Crippen molar-refractivity contribution in [3.05, 3.63) is 86.2 Å². The molecule has 0 aliphatic heterocycles. The Morgan fingerprint density at radius 3 is 2.19 bits per heavy atom. The number of nitrogens with one attached hydrogen (secondary N) is 1. The molecule has 0 radical (unpaired) electrons. The van der Waals surface area contributed by atoms with Crippen molar-refractivity contribution in [3.8, 4) is 11.1 Å². The van der Waals surface area contributed by atoms with Gasteiger partial charge >= 0.3 is 0 Å². The quantitative estimate of drug-likeness (QED) is 0.746. The van der Waals surface area contributed by atoms with Crippen LogP contribution in [0.3, 0.4) is 0 Å². The van der Waals surface area contributed by atoms with Crippen LogP contribution < -0.4 is 16.2 Å². The zero-order chi connectivity index (χ0) is 14.8. The molecule has 0 unspecified atom stereocenters. The first kappa shape index (κ1) is 13.3. The van der Waals surface area contributed by atoms with Crippen molar-refractivity contribution in [2.45, 2.75) is 13.5 Å². The van der Waals surface area contributed by atoms with E-state index in [-0.39, 0.29) is 0 Å². The third-order valence-corrected chi connectivity index (χ3v) is 3.56. The number of hydrogen-bond donors (Lipinski definition) is 1. The van der Waals surface area contributed by atoms with Gasteiger partial charge in [-0.2, -0.15) is 0 Å². The summed E-state index contributed by atoms with van der Waals surface area (Å²) < 4.78 is 0. The molecule has 21 heavy (non-hydrogen) atoms. The second-order valence-corrected chi connectivity index (χ2v) is 5.11. The topological polar surface area (TPSA) is 46.2 Å². The van der Waals surface area contributed by atoms with E-state index >= 15 is 0 Å². The fraction of sp³-hybridized carbons (Fsp3) is 0.111. The summed E-state index contributed by atoms with van der Waals surface area (Å²) in [5.74, 6) is 0. The van der Waals surface area contributed by atoms with Crippen molar-refractivity contribution >= 4 is 5.69 Å². The van der Waals surface area contributed by atoms with Crippen LogP contribution in [-0.2, 0) is 6.54 Å². The second-order valence-electron chi connectivity index (χ2n) is 5.11.